The molecule has 1 amide bonds. The fourth-order valence-electron chi connectivity index (χ4n) is 3.34. The van der Waals surface area contributed by atoms with Gasteiger partial charge < -0.3 is 9.64 Å². The maximum Gasteiger partial charge on any atom is 0.224 e. The van der Waals surface area contributed by atoms with Crippen LogP contribution in [0.1, 0.15) is 31.1 Å². The Morgan fingerprint density at radius 1 is 1.34 bits per heavy atom. The zero-order valence-corrected chi connectivity index (χ0v) is 18.0. The van der Waals surface area contributed by atoms with Crippen molar-refractivity contribution in [1.82, 2.24) is 19.7 Å². The van der Waals surface area contributed by atoms with Crippen LogP contribution in [0, 0.1) is 4.77 Å². The molecule has 1 saturated carbocycles. The van der Waals surface area contributed by atoms with Crippen molar-refractivity contribution in [2.75, 3.05) is 6.61 Å². The SMILES string of the molecule is CCOc1ccc(-c2n[nH]c(=S)n2CCC(=O)N(Cc2cccs2)C2CC2)cc1. The summed E-state index contributed by atoms with van der Waals surface area (Å²) in [5.74, 6) is 1.73. The Labute approximate surface area is 179 Å². The molecule has 2 heterocycles. The molecule has 3 aromatic rings. The second-order valence-corrected chi connectivity index (χ2v) is 8.46. The Morgan fingerprint density at radius 3 is 2.79 bits per heavy atom. The quantitative estimate of drug-likeness (QED) is 0.504. The molecule has 0 saturated heterocycles. The Hall–Kier alpha value is -2.45. The molecule has 0 spiro atoms. The van der Waals surface area contributed by atoms with Gasteiger partial charge in [-0.3, -0.25) is 14.5 Å². The van der Waals surface area contributed by atoms with Crippen LogP contribution in [-0.2, 0) is 17.9 Å². The van der Waals surface area contributed by atoms with Gasteiger partial charge in [-0.15, -0.1) is 11.3 Å². The van der Waals surface area contributed by atoms with Crippen LogP contribution in [0.2, 0.25) is 0 Å². The van der Waals surface area contributed by atoms with Crippen molar-refractivity contribution >= 4 is 29.5 Å². The van der Waals surface area contributed by atoms with E-state index in [1.165, 1.54) is 4.88 Å². The lowest BCUT2D eigenvalue weighted by molar-refractivity contribution is -0.132. The average molecular weight is 429 g/mol. The van der Waals surface area contributed by atoms with E-state index in [0.29, 0.717) is 36.9 Å². The third-order valence-corrected chi connectivity index (χ3v) is 6.12. The number of rotatable bonds is 9. The first kappa shape index (κ1) is 19.8. The minimum Gasteiger partial charge on any atom is -0.494 e. The minimum atomic E-state index is 0.168. The van der Waals surface area contributed by atoms with E-state index in [2.05, 4.69) is 21.6 Å². The normalized spacial score (nSPS) is 13.4. The Morgan fingerprint density at radius 2 is 2.14 bits per heavy atom. The lowest BCUT2D eigenvalue weighted by Gasteiger charge is -2.22. The van der Waals surface area contributed by atoms with E-state index < -0.39 is 0 Å². The van der Waals surface area contributed by atoms with Gasteiger partial charge in [-0.05, 0) is 67.7 Å². The van der Waals surface area contributed by atoms with Crippen molar-refractivity contribution in [2.24, 2.45) is 0 Å². The number of H-pyrrole nitrogens is 1. The monoisotopic (exact) mass is 428 g/mol. The summed E-state index contributed by atoms with van der Waals surface area (Å²) in [6.07, 6.45) is 2.60. The molecule has 2 aromatic heterocycles. The van der Waals surface area contributed by atoms with Gasteiger partial charge in [-0.2, -0.15) is 5.10 Å². The van der Waals surface area contributed by atoms with Crippen LogP contribution >= 0.6 is 23.6 Å². The molecule has 0 atom stereocenters. The number of hydrogen-bond donors (Lipinski definition) is 1. The van der Waals surface area contributed by atoms with Gasteiger partial charge in [0.15, 0.2) is 10.6 Å². The van der Waals surface area contributed by atoms with Gasteiger partial charge in [0.25, 0.3) is 0 Å². The van der Waals surface area contributed by atoms with Crippen molar-refractivity contribution < 1.29 is 9.53 Å². The van der Waals surface area contributed by atoms with Crippen molar-refractivity contribution in [1.29, 1.82) is 0 Å². The molecular weight excluding hydrogens is 404 g/mol. The average Bonchev–Trinajstić information content (AvgIpc) is 3.31. The summed E-state index contributed by atoms with van der Waals surface area (Å²) in [7, 11) is 0. The van der Waals surface area contributed by atoms with Gasteiger partial charge in [0, 0.05) is 29.4 Å². The Balaban J connectivity index is 1.46. The second kappa shape index (κ2) is 8.92. The zero-order chi connectivity index (χ0) is 20.2. The summed E-state index contributed by atoms with van der Waals surface area (Å²) in [6.45, 7) is 3.79. The lowest BCUT2D eigenvalue weighted by atomic mass is 10.2. The molecule has 4 rings (SSSR count). The molecule has 0 radical (unpaired) electrons. The van der Waals surface area contributed by atoms with Crippen molar-refractivity contribution in [3.8, 4) is 17.1 Å². The number of benzene rings is 1. The van der Waals surface area contributed by atoms with Crippen molar-refractivity contribution in [3.63, 3.8) is 0 Å². The molecule has 1 fully saturated rings. The molecular formula is C21H24N4O2S2. The van der Waals surface area contributed by atoms with Crippen LogP contribution in [0.5, 0.6) is 5.75 Å². The van der Waals surface area contributed by atoms with Gasteiger partial charge in [-0.25, -0.2) is 0 Å². The maximum absolute atomic E-state index is 13.0. The van der Waals surface area contributed by atoms with Gasteiger partial charge in [-0.1, -0.05) is 6.07 Å². The lowest BCUT2D eigenvalue weighted by Crippen LogP contribution is -2.33. The van der Waals surface area contributed by atoms with E-state index in [1.54, 1.807) is 11.3 Å². The molecule has 1 aliphatic rings. The van der Waals surface area contributed by atoms with Crippen molar-refractivity contribution in [2.45, 2.75) is 45.3 Å². The third kappa shape index (κ3) is 4.76. The fourth-order valence-corrected chi connectivity index (χ4v) is 4.27. The highest BCUT2D eigenvalue weighted by atomic mass is 32.1. The molecule has 1 N–H and O–H groups in total. The smallest absolute Gasteiger partial charge is 0.224 e. The predicted octanol–water partition coefficient (Wildman–Crippen LogP) is 4.65. The number of thiophene rings is 1. The predicted molar refractivity (Wildman–Crippen MR) is 117 cm³/mol. The first-order valence-corrected chi connectivity index (χ1v) is 11.1. The van der Waals surface area contributed by atoms with Crippen LogP contribution in [0.25, 0.3) is 11.4 Å². The Bertz CT molecular complexity index is 1000. The number of carbonyl (C=O) groups is 1. The number of aromatic nitrogens is 3. The topological polar surface area (TPSA) is 63.1 Å². The number of ether oxygens (including phenoxy) is 1. The van der Waals surface area contributed by atoms with Gasteiger partial charge >= 0.3 is 0 Å². The number of hydrogen-bond acceptors (Lipinski definition) is 5. The Kier molecular flexibility index (Phi) is 6.10. The zero-order valence-electron chi connectivity index (χ0n) is 16.3. The molecule has 8 heteroatoms. The molecule has 0 aliphatic heterocycles. The summed E-state index contributed by atoms with van der Waals surface area (Å²) < 4.78 is 7.93. The van der Waals surface area contributed by atoms with Gasteiger partial charge in [0.2, 0.25) is 5.91 Å². The molecule has 6 nitrogen and oxygen atoms in total. The highest BCUT2D eigenvalue weighted by Crippen LogP contribution is 2.30. The van der Waals surface area contributed by atoms with Gasteiger partial charge in [0.1, 0.15) is 5.75 Å². The third-order valence-electron chi connectivity index (χ3n) is 4.95. The van der Waals surface area contributed by atoms with Crippen LogP contribution in [0.4, 0.5) is 0 Å². The van der Waals surface area contributed by atoms with Crippen LogP contribution in [0.3, 0.4) is 0 Å². The molecule has 29 heavy (non-hydrogen) atoms. The van der Waals surface area contributed by atoms with E-state index in [1.807, 2.05) is 46.7 Å². The number of amides is 1. The van der Waals surface area contributed by atoms with Crippen molar-refractivity contribution in [3.05, 3.63) is 51.4 Å². The summed E-state index contributed by atoms with van der Waals surface area (Å²) in [6, 6.07) is 12.3. The number of nitrogens with one attached hydrogen (secondary N) is 1. The van der Waals surface area contributed by atoms with Crippen LogP contribution in [-0.4, -0.2) is 38.2 Å². The summed E-state index contributed by atoms with van der Waals surface area (Å²) in [5.41, 5.74) is 0.936. The molecule has 0 unspecified atom stereocenters. The fraction of sp³-hybridized carbons (Fsp3) is 0.381. The highest BCUT2D eigenvalue weighted by Gasteiger charge is 2.32. The first-order valence-electron chi connectivity index (χ1n) is 9.86. The molecule has 152 valence electrons. The minimum absolute atomic E-state index is 0.168. The molecule has 1 aromatic carbocycles. The number of aromatic amines is 1. The number of carbonyl (C=O) groups excluding carboxylic acids is 1. The molecule has 0 bridgehead atoms. The van der Waals surface area contributed by atoms with E-state index in [4.69, 9.17) is 17.0 Å². The summed E-state index contributed by atoms with van der Waals surface area (Å²) in [4.78, 5) is 16.2. The second-order valence-electron chi connectivity index (χ2n) is 7.04. The number of nitrogens with zero attached hydrogens (tertiary/aromatic N) is 3. The summed E-state index contributed by atoms with van der Waals surface area (Å²) in [5, 5.41) is 9.29. The van der Waals surface area contributed by atoms with E-state index in [0.717, 1.165) is 30.0 Å². The largest absolute Gasteiger partial charge is 0.494 e. The molecule has 1 aliphatic carbocycles. The van der Waals surface area contributed by atoms with Crippen LogP contribution in [0.15, 0.2) is 41.8 Å². The first-order chi connectivity index (χ1) is 14.2. The highest BCUT2D eigenvalue weighted by molar-refractivity contribution is 7.71. The summed E-state index contributed by atoms with van der Waals surface area (Å²) >= 11 is 7.11. The van der Waals surface area contributed by atoms with Gasteiger partial charge in [0.05, 0.1) is 13.2 Å². The standard InChI is InChI=1S/C21H24N4O2S2/c1-2-27-17-9-5-15(6-10-17)20-22-23-21(28)24(20)12-11-19(26)25(16-7-8-16)14-18-4-3-13-29-18/h3-6,9-10,13,16H,2,7-8,11-12,14H2,1H3,(H,23,28). The van der Waals surface area contributed by atoms with E-state index in [-0.39, 0.29) is 5.91 Å². The van der Waals surface area contributed by atoms with E-state index in [9.17, 15) is 4.79 Å². The van der Waals surface area contributed by atoms with Crippen LogP contribution < -0.4 is 4.74 Å². The maximum atomic E-state index is 13.0. The van der Waals surface area contributed by atoms with E-state index >= 15 is 0 Å².